The molecule has 9 unspecified atom stereocenters. The molecule has 11 nitrogen and oxygen atoms in total. The Bertz CT molecular complexity index is 1310. The Balaban J connectivity index is 2.16. The molecular formula is C64H121NO10. The molecular weight excluding hydrogens is 943 g/mol. The summed E-state index contributed by atoms with van der Waals surface area (Å²) in [7, 11) is 0. The standard InChI is InChI=1S/C64H121NO10/c1-3-5-7-9-11-13-15-17-19-20-21-22-23-24-25-26-27-28-29-30-31-32-33-34-35-36-37-38-40-42-44-46-48-50-52-57(68)63(73)65-55(54-74-64-62(72)61(71)60(70)58(53-66)75-64)59(69)56(67)51-49-47-45-43-41-39-18-16-14-12-10-8-6-4-2/h8,10,16,18,43,45,55-62,64,66-72H,3-7,9,11-15,17,19-42,44,46-54H2,1-2H3,(H,65,73)/b10-8+,18-16+,45-43+. The van der Waals surface area contributed by atoms with Crippen LogP contribution in [0.2, 0.25) is 0 Å². The lowest BCUT2D eigenvalue weighted by Gasteiger charge is -2.40. The Morgan fingerprint density at radius 2 is 0.813 bits per heavy atom. The van der Waals surface area contributed by atoms with E-state index in [1.165, 1.54) is 199 Å². The third kappa shape index (κ3) is 41.1. The summed E-state index contributed by atoms with van der Waals surface area (Å²) < 4.78 is 11.1. The van der Waals surface area contributed by atoms with Crippen molar-refractivity contribution < 1.29 is 50.0 Å². The maximum absolute atomic E-state index is 13.2. The molecule has 1 fully saturated rings. The number of unbranched alkanes of at least 4 members (excludes halogenated alkanes) is 37. The van der Waals surface area contributed by atoms with E-state index in [1.54, 1.807) is 0 Å². The van der Waals surface area contributed by atoms with Gasteiger partial charge in [0, 0.05) is 0 Å². The van der Waals surface area contributed by atoms with Gasteiger partial charge in [0.25, 0.3) is 0 Å². The fourth-order valence-corrected chi connectivity index (χ4v) is 10.2. The van der Waals surface area contributed by atoms with Crippen LogP contribution in [0.15, 0.2) is 36.5 Å². The van der Waals surface area contributed by atoms with Crippen molar-refractivity contribution in [2.75, 3.05) is 13.2 Å². The molecule has 0 spiro atoms. The highest BCUT2D eigenvalue weighted by Crippen LogP contribution is 2.24. The van der Waals surface area contributed by atoms with Crippen LogP contribution in [0.1, 0.15) is 296 Å². The van der Waals surface area contributed by atoms with Crippen LogP contribution >= 0.6 is 0 Å². The summed E-state index contributed by atoms with van der Waals surface area (Å²) >= 11 is 0. The molecule has 0 aromatic rings. The van der Waals surface area contributed by atoms with Crippen molar-refractivity contribution in [3.05, 3.63) is 36.5 Å². The molecule has 75 heavy (non-hydrogen) atoms. The van der Waals surface area contributed by atoms with E-state index >= 15 is 0 Å². The van der Waals surface area contributed by atoms with Crippen LogP contribution < -0.4 is 5.32 Å². The summed E-state index contributed by atoms with van der Waals surface area (Å²) in [6.45, 7) is 3.39. The van der Waals surface area contributed by atoms with Crippen LogP contribution in [0.4, 0.5) is 0 Å². The zero-order valence-electron chi connectivity index (χ0n) is 48.5. The van der Waals surface area contributed by atoms with Gasteiger partial charge in [-0.2, -0.15) is 0 Å². The molecule has 9 atom stereocenters. The number of aliphatic hydroxyl groups excluding tert-OH is 7. The predicted molar refractivity (Wildman–Crippen MR) is 312 cm³/mol. The minimum Gasteiger partial charge on any atom is -0.394 e. The van der Waals surface area contributed by atoms with Gasteiger partial charge in [0.2, 0.25) is 5.91 Å². The van der Waals surface area contributed by atoms with Crippen LogP contribution in [-0.2, 0) is 14.3 Å². The van der Waals surface area contributed by atoms with Gasteiger partial charge < -0.3 is 50.5 Å². The lowest BCUT2D eigenvalue weighted by molar-refractivity contribution is -0.303. The average Bonchev–Trinajstić information content (AvgIpc) is 3.41. The summed E-state index contributed by atoms with van der Waals surface area (Å²) in [4.78, 5) is 13.2. The zero-order chi connectivity index (χ0) is 54.7. The van der Waals surface area contributed by atoms with Gasteiger partial charge in [0.15, 0.2) is 6.29 Å². The number of hydrogen-bond donors (Lipinski definition) is 8. The summed E-state index contributed by atoms with van der Waals surface area (Å²) in [6.07, 6.45) is 55.3. The second kappa shape index (κ2) is 53.0. The second-order valence-corrected chi connectivity index (χ2v) is 22.5. The van der Waals surface area contributed by atoms with E-state index < -0.39 is 74.2 Å². The minimum atomic E-state index is -1.67. The van der Waals surface area contributed by atoms with Gasteiger partial charge in [-0.05, 0) is 57.8 Å². The first-order valence-electron chi connectivity index (χ1n) is 31.9. The van der Waals surface area contributed by atoms with Crippen molar-refractivity contribution in [3.8, 4) is 0 Å². The molecule has 1 aliphatic heterocycles. The van der Waals surface area contributed by atoms with Gasteiger partial charge >= 0.3 is 0 Å². The maximum Gasteiger partial charge on any atom is 0.249 e. The van der Waals surface area contributed by atoms with E-state index in [-0.39, 0.29) is 12.8 Å². The number of aliphatic hydroxyl groups is 7. The molecule has 1 rings (SSSR count). The minimum absolute atomic E-state index is 0.242. The van der Waals surface area contributed by atoms with Crippen molar-refractivity contribution in [1.29, 1.82) is 0 Å². The number of nitrogens with one attached hydrogen (secondary N) is 1. The maximum atomic E-state index is 13.2. The Kier molecular flexibility index (Phi) is 50.4. The third-order valence-corrected chi connectivity index (χ3v) is 15.4. The van der Waals surface area contributed by atoms with Crippen molar-refractivity contribution >= 4 is 5.91 Å². The molecule has 11 heteroatoms. The first-order chi connectivity index (χ1) is 36.7. The predicted octanol–water partition coefficient (Wildman–Crippen LogP) is 14.2. The van der Waals surface area contributed by atoms with E-state index in [2.05, 4.69) is 55.6 Å². The average molecular weight is 1060 g/mol. The van der Waals surface area contributed by atoms with Crippen LogP contribution in [0.25, 0.3) is 0 Å². The van der Waals surface area contributed by atoms with Gasteiger partial charge in [-0.25, -0.2) is 0 Å². The van der Waals surface area contributed by atoms with Gasteiger partial charge in [0.1, 0.15) is 36.6 Å². The van der Waals surface area contributed by atoms with E-state index in [0.29, 0.717) is 19.3 Å². The van der Waals surface area contributed by atoms with Crippen LogP contribution in [0.5, 0.6) is 0 Å². The Hall–Kier alpha value is -1.67. The fourth-order valence-electron chi connectivity index (χ4n) is 10.2. The Morgan fingerprint density at radius 1 is 0.453 bits per heavy atom. The van der Waals surface area contributed by atoms with Crippen LogP contribution in [-0.4, -0.2) is 110 Å². The van der Waals surface area contributed by atoms with Crippen molar-refractivity contribution in [2.24, 2.45) is 0 Å². The van der Waals surface area contributed by atoms with Gasteiger partial charge in [0.05, 0.1) is 25.4 Å². The van der Waals surface area contributed by atoms with Gasteiger partial charge in [-0.15, -0.1) is 0 Å². The number of allylic oxidation sites excluding steroid dienone is 6. The Labute approximate surface area is 460 Å². The largest absolute Gasteiger partial charge is 0.394 e. The lowest BCUT2D eigenvalue weighted by Crippen LogP contribution is -2.60. The summed E-state index contributed by atoms with van der Waals surface area (Å²) in [5.74, 6) is -0.709. The highest BCUT2D eigenvalue weighted by atomic mass is 16.7. The Morgan fingerprint density at radius 3 is 1.19 bits per heavy atom. The second-order valence-electron chi connectivity index (χ2n) is 22.5. The lowest BCUT2D eigenvalue weighted by atomic mass is 9.98. The normalized spacial score (nSPS) is 19.9. The van der Waals surface area contributed by atoms with E-state index in [0.717, 1.165) is 51.4 Å². The highest BCUT2D eigenvalue weighted by molar-refractivity contribution is 5.80. The van der Waals surface area contributed by atoms with E-state index in [4.69, 9.17) is 9.47 Å². The number of carbonyl (C=O) groups excluding carboxylic acids is 1. The number of rotatable bonds is 55. The quantitative estimate of drug-likeness (QED) is 0.0215. The van der Waals surface area contributed by atoms with Gasteiger partial charge in [-0.1, -0.05) is 275 Å². The molecule has 1 heterocycles. The fraction of sp³-hybridized carbons (Fsp3) is 0.891. The number of ether oxygens (including phenoxy) is 2. The first-order valence-corrected chi connectivity index (χ1v) is 31.9. The molecule has 0 aliphatic carbocycles. The SMILES string of the molecule is CCC/C=C/CC/C=C/CC/C=C/CCCC(O)C(O)C(COC1OC(CO)C(O)C(O)C1O)NC(=O)C(O)CCCCCCCCCCCCCCCCCCCCCCCCCCCCCCCCCCCC. The molecule has 0 bridgehead atoms. The van der Waals surface area contributed by atoms with Crippen LogP contribution in [0.3, 0.4) is 0 Å². The van der Waals surface area contributed by atoms with Crippen molar-refractivity contribution in [1.82, 2.24) is 5.32 Å². The van der Waals surface area contributed by atoms with Gasteiger partial charge in [-0.3, -0.25) is 4.79 Å². The molecule has 8 N–H and O–H groups in total. The van der Waals surface area contributed by atoms with Crippen LogP contribution in [0, 0.1) is 0 Å². The topological polar surface area (TPSA) is 189 Å². The molecule has 1 saturated heterocycles. The first kappa shape index (κ1) is 71.3. The van der Waals surface area contributed by atoms with Crippen molar-refractivity contribution in [3.63, 3.8) is 0 Å². The van der Waals surface area contributed by atoms with Crippen molar-refractivity contribution in [2.45, 2.75) is 351 Å². The molecule has 1 aliphatic rings. The number of carbonyl (C=O) groups is 1. The summed E-state index contributed by atoms with van der Waals surface area (Å²) in [6, 6.07) is -1.19. The molecule has 442 valence electrons. The smallest absolute Gasteiger partial charge is 0.249 e. The third-order valence-electron chi connectivity index (χ3n) is 15.4. The molecule has 0 aromatic carbocycles. The molecule has 1 amide bonds. The molecule has 0 aromatic heterocycles. The molecule has 0 saturated carbocycles. The zero-order valence-corrected chi connectivity index (χ0v) is 48.5. The summed E-state index contributed by atoms with van der Waals surface area (Å²) in [5, 5.41) is 76.1. The number of amides is 1. The number of hydrogen-bond acceptors (Lipinski definition) is 10. The highest BCUT2D eigenvalue weighted by Gasteiger charge is 2.44. The summed E-state index contributed by atoms with van der Waals surface area (Å²) in [5.41, 5.74) is 0. The monoisotopic (exact) mass is 1060 g/mol. The van der Waals surface area contributed by atoms with E-state index in [9.17, 15) is 40.5 Å². The molecule has 0 radical (unpaired) electrons. The van der Waals surface area contributed by atoms with E-state index in [1.807, 2.05) is 0 Å².